The molecule has 14 heteroatoms. The largest absolute Gasteiger partial charge is 2.00 e. The van der Waals surface area contributed by atoms with Crippen molar-refractivity contribution in [3.63, 3.8) is 0 Å². The van der Waals surface area contributed by atoms with E-state index in [9.17, 15) is 0 Å². The second-order valence-corrected chi connectivity index (χ2v) is 35.8. The molecule has 8 aromatic heterocycles. The quantitative estimate of drug-likeness (QED) is 0.0731. The maximum Gasteiger partial charge on any atom is 2.00 e. The Morgan fingerprint density at radius 2 is 0.573 bits per heavy atom. The van der Waals surface area contributed by atoms with Crippen LogP contribution in [-0.4, -0.2) is 34.5 Å². The van der Waals surface area contributed by atoms with Crippen molar-refractivity contribution in [2.24, 2.45) is 0 Å². The molecule has 1 aliphatic rings. The predicted octanol–water partition coefficient (Wildman–Crippen LogP) is 33.4. The van der Waals surface area contributed by atoms with Crippen LogP contribution in [-0.2, 0) is 68.6 Å². The van der Waals surface area contributed by atoms with Gasteiger partial charge in [0.25, 0.3) is 0 Å². The number of ether oxygens (including phenoxy) is 3. The number of pyridine rings is 6. The van der Waals surface area contributed by atoms with Crippen LogP contribution in [0.1, 0.15) is 25.0 Å². The van der Waals surface area contributed by atoms with Crippen LogP contribution in [0.25, 0.3) is 193 Å². The summed E-state index contributed by atoms with van der Waals surface area (Å²) in [7, 11) is 0. The summed E-state index contributed by atoms with van der Waals surface area (Å²) >= 11 is 1.81. The van der Waals surface area contributed by atoms with Crippen molar-refractivity contribution < 1.29 is 77.4 Å². The van der Waals surface area contributed by atoms with Crippen LogP contribution in [0.4, 0.5) is 0 Å². The number of hydrogen-bond acceptors (Lipinski definition) is 10. The number of hydrogen-bond donors (Lipinski definition) is 0. The smallest absolute Gasteiger partial charge is 0.422 e. The predicted molar refractivity (Wildman–Crippen MR) is 569 cm³/mol. The van der Waals surface area contributed by atoms with Crippen LogP contribution in [0.3, 0.4) is 0 Å². The van der Waals surface area contributed by atoms with Gasteiger partial charge in [0.05, 0.1) is 11.0 Å². The van der Waals surface area contributed by atoms with Gasteiger partial charge >= 0.3 is 63.2 Å². The van der Waals surface area contributed by atoms with Gasteiger partial charge in [0.2, 0.25) is 35.3 Å². The van der Waals surface area contributed by atoms with Crippen LogP contribution in [0.5, 0.6) is 35.3 Å². The summed E-state index contributed by atoms with van der Waals surface area (Å²) in [5.41, 5.74) is 31.7. The third kappa shape index (κ3) is 20.4. The zero-order valence-corrected chi connectivity index (χ0v) is 84.8. The molecular weight excluding hydrogens is 2310 g/mol. The van der Waals surface area contributed by atoms with Gasteiger partial charge in [-0.05, 0) is 167 Å². The van der Waals surface area contributed by atoms with Crippen LogP contribution in [0, 0.1) is 36.4 Å². The molecule has 1 aliphatic carbocycles. The summed E-state index contributed by atoms with van der Waals surface area (Å²) in [6.45, 7) is 4.61. The first-order valence-electron chi connectivity index (χ1n) is 46.5. The van der Waals surface area contributed by atoms with E-state index in [1.807, 2.05) is 236 Å². The Morgan fingerprint density at radius 3 is 1.04 bits per heavy atom. The molecule has 0 spiro atoms. The van der Waals surface area contributed by atoms with E-state index >= 15 is 0 Å². The van der Waals surface area contributed by atoms with Crippen LogP contribution in [0.2, 0.25) is 0 Å². The van der Waals surface area contributed by atoms with E-state index in [1.54, 1.807) is 0 Å². The first-order valence-corrected chi connectivity index (χ1v) is 47.3. The van der Waals surface area contributed by atoms with Gasteiger partial charge in [-0.25, -0.2) is 0 Å². The molecule has 0 amide bonds. The molecule has 0 aliphatic heterocycles. The fourth-order valence-electron chi connectivity index (χ4n) is 18.5. The monoisotopic (exact) mass is 2390 g/mol. The molecule has 0 bridgehead atoms. The van der Waals surface area contributed by atoms with Gasteiger partial charge < -0.3 is 18.8 Å². The standard InChI is InChI=1S/C46H29N3O.C43H30N2O.C40H24N2OS.3Pt/c1-4-14-32(15-5-1)34-18-12-19-36(28-34)41-23-13-25-45(47-41)50-46-31-37(29-42(48-46)33-16-6-2-7-17-33)35-26-27-40-39-22-10-11-24-43(39)49(44(40)30-35)38-20-8-3-9-21-38;1-43(2)37-20-10-9-19-35(37)36-24-23-32(26-38(36)43)34-27-40(30-15-7-4-8-16-30)45-42(28-34)46-41-22-12-21-39(44-41)33-18-11-17-31(25-33)29-13-5-3-6-14-29;1-3-11-27(12-4-1)29-15-9-16-31(23-29)35-18-10-20-39(41-35)43-40-26-32(24-36(42-40)28-13-5-2-6-14-28)30-21-22-34-33-17-7-8-19-37(33)44-38(34)25-30;;;/h1-16,18,20-31H;3-15,17,19-28H,1-2H3;1-13,15,17-26H;;;/q3*-2;3*+2. The van der Waals surface area contributed by atoms with Crippen molar-refractivity contribution >= 4 is 53.3 Å². The third-order valence-corrected chi connectivity index (χ3v) is 26.5. The van der Waals surface area contributed by atoms with Gasteiger partial charge in [-0.2, -0.15) is 0 Å². The minimum atomic E-state index is -0.0937. The molecule has 688 valence electrons. The summed E-state index contributed by atoms with van der Waals surface area (Å²) in [6, 6.07) is 179. The molecule has 143 heavy (non-hydrogen) atoms. The van der Waals surface area contributed by atoms with Gasteiger partial charge in [-0.3, -0.25) is 29.9 Å². The number of rotatable bonds is 19. The van der Waals surface area contributed by atoms with Crippen molar-refractivity contribution in [2.45, 2.75) is 19.3 Å². The Labute approximate surface area is 877 Å². The third-order valence-electron chi connectivity index (χ3n) is 25.4. The van der Waals surface area contributed by atoms with E-state index in [1.165, 1.54) is 58.7 Å². The first kappa shape index (κ1) is 94.5. The number of thiophene rings is 1. The maximum atomic E-state index is 6.45. The average Bonchev–Trinajstić information content (AvgIpc) is 1.58. The molecule has 0 fully saturated rings. The molecular formula is C129H83N7O3Pt3S. The first-order chi connectivity index (χ1) is 69.1. The molecule has 0 radical (unpaired) electrons. The van der Waals surface area contributed by atoms with Crippen LogP contribution < -0.4 is 14.2 Å². The number of nitrogens with zero attached hydrogens (tertiary/aromatic N) is 7. The van der Waals surface area contributed by atoms with E-state index in [-0.39, 0.29) is 68.6 Å². The minimum Gasteiger partial charge on any atom is -0.422 e. The molecule has 16 aromatic carbocycles. The molecule has 25 rings (SSSR count). The summed E-state index contributed by atoms with van der Waals surface area (Å²) < 4.78 is 24.1. The van der Waals surface area contributed by atoms with Crippen LogP contribution in [0.15, 0.2) is 467 Å². The zero-order valence-electron chi connectivity index (χ0n) is 77.2. The summed E-state index contributed by atoms with van der Waals surface area (Å²) in [6.07, 6.45) is 0. The summed E-state index contributed by atoms with van der Waals surface area (Å²) in [4.78, 5) is 29.3. The topological polar surface area (TPSA) is 110 Å². The van der Waals surface area contributed by atoms with E-state index in [0.29, 0.717) is 35.3 Å². The molecule has 0 saturated heterocycles. The Balaban J connectivity index is 0.000000130. The maximum absolute atomic E-state index is 6.45. The molecule has 24 aromatic rings. The molecule has 0 N–H and O–H groups in total. The number of para-hydroxylation sites is 2. The second kappa shape index (κ2) is 42.5. The van der Waals surface area contributed by atoms with E-state index in [2.05, 4.69) is 297 Å². The van der Waals surface area contributed by atoms with Crippen molar-refractivity contribution in [1.82, 2.24) is 34.5 Å². The normalized spacial score (nSPS) is 11.5. The van der Waals surface area contributed by atoms with Gasteiger partial charge in [-0.1, -0.05) is 275 Å². The SMILES string of the molecule is CC1(C)c2ccccc2-c2ccc(-c3cc(Oc4cccc(-c5[c-]ccc(-c6ccccc6)c5)n4)nc(-c4[c-]cccc4)c3)cc21.[Pt+2].[Pt+2].[Pt+2].[c-]1ccccc1-c1cc(-c2ccc3c(c2)sc2ccccc23)cc(Oc2cccc(-c3[c-]ccc(-c4ccccc4)c3)n2)n1.[c-]1ccccc1-c1cc(-c2ccc3c4ccccc4n(-c4ccccc4)c3c2)cc(Oc2cccc(-c3[c-]ccc(-c4ccccc4)c3)n2)n1. The van der Waals surface area contributed by atoms with Crippen molar-refractivity contribution in [3.8, 4) is 186 Å². The molecule has 0 unspecified atom stereocenters. The minimum absolute atomic E-state index is 0. The van der Waals surface area contributed by atoms with E-state index in [0.717, 1.165) is 146 Å². The fraction of sp³-hybridized carbons (Fsp3) is 0.0233. The number of fused-ring (bicyclic) bond motifs is 9. The Kier molecular flexibility index (Phi) is 28.1. The van der Waals surface area contributed by atoms with E-state index < -0.39 is 0 Å². The summed E-state index contributed by atoms with van der Waals surface area (Å²) in [5, 5.41) is 4.97. The van der Waals surface area contributed by atoms with Crippen molar-refractivity contribution in [3.05, 3.63) is 515 Å². The van der Waals surface area contributed by atoms with Gasteiger partial charge in [0, 0.05) is 60.2 Å². The van der Waals surface area contributed by atoms with E-state index in [4.69, 9.17) is 44.1 Å². The molecule has 8 heterocycles. The molecule has 0 atom stereocenters. The Morgan fingerprint density at radius 1 is 0.217 bits per heavy atom. The van der Waals surface area contributed by atoms with Crippen molar-refractivity contribution in [2.75, 3.05) is 0 Å². The van der Waals surface area contributed by atoms with Crippen LogP contribution >= 0.6 is 11.3 Å². The van der Waals surface area contributed by atoms with Gasteiger partial charge in [-0.15, -0.1) is 225 Å². The fourth-order valence-corrected chi connectivity index (χ4v) is 19.6. The number of benzene rings is 16. The number of aromatic nitrogens is 7. The second-order valence-electron chi connectivity index (χ2n) is 34.7. The van der Waals surface area contributed by atoms with Gasteiger partial charge in [0.15, 0.2) is 0 Å². The van der Waals surface area contributed by atoms with Gasteiger partial charge in [0.1, 0.15) is 0 Å². The zero-order chi connectivity index (χ0) is 93.7. The average molecular weight is 2400 g/mol. The van der Waals surface area contributed by atoms with Crippen molar-refractivity contribution in [1.29, 1.82) is 0 Å². The summed E-state index contributed by atoms with van der Waals surface area (Å²) in [5.74, 6) is 2.78. The molecule has 0 saturated carbocycles. The Bertz CT molecular complexity index is 8700. The Hall–Kier alpha value is -16.1. The molecule has 10 nitrogen and oxygen atoms in total.